The number of hydrogen-bond donors (Lipinski definition) is 1. The average Bonchev–Trinajstić information content (AvgIpc) is 2.80. The molecule has 2 rings (SSSR count). The van der Waals surface area contributed by atoms with Gasteiger partial charge in [-0.15, -0.1) is 0 Å². The molecule has 0 atom stereocenters. The van der Waals surface area contributed by atoms with E-state index in [0.717, 1.165) is 0 Å². The number of rotatable bonds is 6. The Hall–Kier alpha value is -2.96. The van der Waals surface area contributed by atoms with Gasteiger partial charge in [-0.3, -0.25) is 19.7 Å². The van der Waals surface area contributed by atoms with Gasteiger partial charge in [0, 0.05) is 23.4 Å². The van der Waals surface area contributed by atoms with Crippen molar-refractivity contribution in [3.63, 3.8) is 0 Å². The van der Waals surface area contributed by atoms with Crippen molar-refractivity contribution in [1.29, 1.82) is 0 Å². The van der Waals surface area contributed by atoms with Gasteiger partial charge in [-0.25, -0.2) is 0 Å². The first kappa shape index (κ1) is 16.4. The minimum atomic E-state index is -0.511. The third-order valence-electron chi connectivity index (χ3n) is 3.49. The summed E-state index contributed by atoms with van der Waals surface area (Å²) in [6.45, 7) is 4.66. The van der Waals surface area contributed by atoms with Gasteiger partial charge in [0.15, 0.2) is 12.4 Å². The summed E-state index contributed by atoms with van der Waals surface area (Å²) in [5.74, 6) is -0.0419. The Labute approximate surface area is 132 Å². The Morgan fingerprint density at radius 3 is 2.30 bits per heavy atom. The number of H-pyrrole nitrogens is 1. The fourth-order valence-corrected chi connectivity index (χ4v) is 2.44. The molecule has 23 heavy (non-hydrogen) atoms. The number of carbonyl (C=O) groups excluding carboxylic acids is 2. The van der Waals surface area contributed by atoms with E-state index in [-0.39, 0.29) is 23.9 Å². The summed E-state index contributed by atoms with van der Waals surface area (Å²) < 4.78 is 5.34. The summed E-state index contributed by atoms with van der Waals surface area (Å²) in [7, 11) is 0. The van der Waals surface area contributed by atoms with Crippen LogP contribution in [-0.4, -0.2) is 28.1 Å². The number of aromatic nitrogens is 1. The number of carbonyl (C=O) groups is 2. The molecule has 0 bridgehead atoms. The Balaban J connectivity index is 2.09. The quantitative estimate of drug-likeness (QED) is 0.501. The number of nitrogens with zero attached hydrogens (tertiary/aromatic N) is 1. The highest BCUT2D eigenvalue weighted by molar-refractivity contribution is 6.03. The van der Waals surface area contributed by atoms with Crippen LogP contribution < -0.4 is 4.74 Å². The highest BCUT2D eigenvalue weighted by atomic mass is 16.6. The van der Waals surface area contributed by atoms with Crippen LogP contribution in [0.1, 0.15) is 39.0 Å². The van der Waals surface area contributed by atoms with Crippen LogP contribution in [0.25, 0.3) is 0 Å². The van der Waals surface area contributed by atoms with Gasteiger partial charge in [-0.05, 0) is 38.5 Å². The molecule has 1 heterocycles. The van der Waals surface area contributed by atoms with Crippen LogP contribution in [0.5, 0.6) is 5.75 Å². The summed E-state index contributed by atoms with van der Waals surface area (Å²) in [6, 6.07) is 5.47. The predicted octanol–water partition coefficient (Wildman–Crippen LogP) is 3.00. The Morgan fingerprint density at radius 2 is 1.83 bits per heavy atom. The van der Waals surface area contributed by atoms with Gasteiger partial charge in [-0.1, -0.05) is 0 Å². The maximum Gasteiger partial charge on any atom is 0.269 e. The number of nitrogens with one attached hydrogen (secondary N) is 1. The summed E-state index contributed by atoms with van der Waals surface area (Å²) in [5, 5.41) is 10.6. The minimum Gasteiger partial charge on any atom is -0.485 e. The molecule has 0 aliphatic heterocycles. The Morgan fingerprint density at radius 1 is 1.22 bits per heavy atom. The molecule has 0 unspecified atom stereocenters. The number of aryl methyl sites for hydroxylation is 1. The van der Waals surface area contributed by atoms with Crippen molar-refractivity contribution in [3.8, 4) is 5.75 Å². The fraction of sp³-hybridized carbons (Fsp3) is 0.250. The number of nitro benzene ring substituents is 1. The standard InChI is InChI=1S/C16H16N2O5/c1-9-15(11(3)19)10(2)17-16(9)14(20)8-23-13-6-4-12(5-7-13)18(21)22/h4-7,17H,8H2,1-3H3. The molecular formula is C16H16N2O5. The van der Waals surface area contributed by atoms with E-state index in [1.165, 1.54) is 31.2 Å². The van der Waals surface area contributed by atoms with Crippen molar-refractivity contribution >= 4 is 17.3 Å². The van der Waals surface area contributed by atoms with E-state index in [2.05, 4.69) is 4.98 Å². The third kappa shape index (κ3) is 3.45. The predicted molar refractivity (Wildman–Crippen MR) is 83.2 cm³/mol. The first-order chi connectivity index (χ1) is 10.8. The zero-order chi connectivity index (χ0) is 17.1. The number of ether oxygens (including phenoxy) is 1. The van der Waals surface area contributed by atoms with Crippen LogP contribution in [0, 0.1) is 24.0 Å². The van der Waals surface area contributed by atoms with Gasteiger partial charge >= 0.3 is 0 Å². The maximum atomic E-state index is 12.2. The van der Waals surface area contributed by atoms with Gasteiger partial charge in [0.25, 0.3) is 5.69 Å². The largest absolute Gasteiger partial charge is 0.485 e. The van der Waals surface area contributed by atoms with Gasteiger partial charge in [0.05, 0.1) is 10.6 Å². The normalized spacial score (nSPS) is 10.4. The number of hydrogen-bond acceptors (Lipinski definition) is 5. The number of aromatic amines is 1. The van der Waals surface area contributed by atoms with Crippen molar-refractivity contribution < 1.29 is 19.2 Å². The molecule has 0 spiro atoms. The van der Waals surface area contributed by atoms with Crippen LogP contribution >= 0.6 is 0 Å². The highest BCUT2D eigenvalue weighted by Crippen LogP contribution is 2.20. The third-order valence-corrected chi connectivity index (χ3v) is 3.49. The SMILES string of the molecule is CC(=O)c1c(C)[nH]c(C(=O)COc2ccc([N+](=O)[O-])cc2)c1C. The lowest BCUT2D eigenvalue weighted by Crippen LogP contribution is -2.13. The van der Waals surface area contributed by atoms with Crippen LogP contribution in [0.4, 0.5) is 5.69 Å². The zero-order valence-corrected chi connectivity index (χ0v) is 13.0. The van der Waals surface area contributed by atoms with Gasteiger partial charge in [0.2, 0.25) is 5.78 Å². The van der Waals surface area contributed by atoms with Crippen LogP contribution in [0.3, 0.4) is 0 Å². The van der Waals surface area contributed by atoms with E-state index >= 15 is 0 Å². The minimum absolute atomic E-state index is 0.0504. The first-order valence-corrected chi connectivity index (χ1v) is 6.91. The molecule has 0 aliphatic carbocycles. The second-order valence-electron chi connectivity index (χ2n) is 5.14. The van der Waals surface area contributed by atoms with Crippen molar-refractivity contribution in [2.45, 2.75) is 20.8 Å². The fourth-order valence-electron chi connectivity index (χ4n) is 2.44. The van der Waals surface area contributed by atoms with Gasteiger partial charge < -0.3 is 9.72 Å². The molecule has 7 heteroatoms. The number of ketones is 2. The number of Topliss-reactive ketones (excluding diaryl/α,β-unsaturated/α-hetero) is 2. The van der Waals surface area contributed by atoms with Crippen LogP contribution in [-0.2, 0) is 0 Å². The lowest BCUT2D eigenvalue weighted by atomic mass is 10.1. The molecule has 1 N–H and O–H groups in total. The first-order valence-electron chi connectivity index (χ1n) is 6.91. The highest BCUT2D eigenvalue weighted by Gasteiger charge is 2.20. The summed E-state index contributed by atoms with van der Waals surface area (Å²) in [5.41, 5.74) is 2.06. The molecule has 2 aromatic rings. The van der Waals surface area contributed by atoms with Crippen molar-refractivity contribution in [2.24, 2.45) is 0 Å². The van der Waals surface area contributed by atoms with Crippen LogP contribution in [0.15, 0.2) is 24.3 Å². The molecule has 0 saturated heterocycles. The van der Waals surface area contributed by atoms with Gasteiger partial charge in [0.1, 0.15) is 5.75 Å². The van der Waals surface area contributed by atoms with Crippen molar-refractivity contribution in [3.05, 3.63) is 56.9 Å². The second-order valence-corrected chi connectivity index (χ2v) is 5.14. The molecule has 1 aromatic carbocycles. The van der Waals surface area contributed by atoms with E-state index < -0.39 is 4.92 Å². The molecule has 0 fully saturated rings. The van der Waals surface area contributed by atoms with E-state index in [0.29, 0.717) is 28.3 Å². The van der Waals surface area contributed by atoms with Crippen molar-refractivity contribution in [2.75, 3.05) is 6.61 Å². The van der Waals surface area contributed by atoms with Crippen LogP contribution in [0.2, 0.25) is 0 Å². The smallest absolute Gasteiger partial charge is 0.269 e. The van der Waals surface area contributed by atoms with Crippen molar-refractivity contribution in [1.82, 2.24) is 4.98 Å². The number of nitro groups is 1. The lowest BCUT2D eigenvalue weighted by molar-refractivity contribution is -0.384. The van der Waals surface area contributed by atoms with E-state index in [9.17, 15) is 19.7 Å². The molecule has 0 radical (unpaired) electrons. The number of non-ortho nitro benzene ring substituents is 1. The monoisotopic (exact) mass is 316 g/mol. The Bertz CT molecular complexity index is 775. The summed E-state index contributed by atoms with van der Waals surface area (Å²) in [6.07, 6.45) is 0. The lowest BCUT2D eigenvalue weighted by Gasteiger charge is -2.05. The molecule has 0 aliphatic rings. The molecule has 120 valence electrons. The molecule has 0 amide bonds. The molecule has 0 saturated carbocycles. The van der Waals surface area contributed by atoms with E-state index in [1.807, 2.05) is 0 Å². The Kier molecular flexibility index (Phi) is 4.59. The topological polar surface area (TPSA) is 102 Å². The van der Waals surface area contributed by atoms with E-state index in [4.69, 9.17) is 4.74 Å². The summed E-state index contributed by atoms with van der Waals surface area (Å²) in [4.78, 5) is 36.8. The maximum absolute atomic E-state index is 12.2. The van der Waals surface area contributed by atoms with E-state index in [1.54, 1.807) is 13.8 Å². The number of benzene rings is 1. The average molecular weight is 316 g/mol. The zero-order valence-electron chi connectivity index (χ0n) is 13.0. The summed E-state index contributed by atoms with van der Waals surface area (Å²) >= 11 is 0. The molecule has 1 aromatic heterocycles. The molecular weight excluding hydrogens is 300 g/mol. The molecule has 7 nitrogen and oxygen atoms in total. The second kappa shape index (κ2) is 6.43. The van der Waals surface area contributed by atoms with Gasteiger partial charge in [-0.2, -0.15) is 0 Å².